The Balaban J connectivity index is 2.38. The van der Waals surface area contributed by atoms with Crippen molar-refractivity contribution in [3.63, 3.8) is 0 Å². The summed E-state index contributed by atoms with van der Waals surface area (Å²) in [5.74, 6) is -1.05. The summed E-state index contributed by atoms with van der Waals surface area (Å²) in [4.78, 5) is 35.0. The van der Waals surface area contributed by atoms with E-state index < -0.39 is 5.97 Å². The largest absolute Gasteiger partial charge is 0.481 e. The molecule has 0 aromatic rings. The van der Waals surface area contributed by atoms with Crippen LogP contribution in [0.25, 0.3) is 0 Å². The number of carboxylic acid groups (broad SMARTS) is 1. The number of rotatable bonds is 4. The van der Waals surface area contributed by atoms with Crippen molar-refractivity contribution in [2.75, 3.05) is 19.6 Å². The molecule has 0 saturated carbocycles. The van der Waals surface area contributed by atoms with Crippen LogP contribution in [0.2, 0.25) is 0 Å². The Hall–Kier alpha value is -1.79. The van der Waals surface area contributed by atoms with Crippen molar-refractivity contribution in [3.05, 3.63) is 0 Å². The van der Waals surface area contributed by atoms with Crippen molar-refractivity contribution in [1.29, 1.82) is 0 Å². The molecule has 0 aromatic carbocycles. The van der Waals surface area contributed by atoms with Crippen LogP contribution in [0.15, 0.2) is 0 Å². The second kappa shape index (κ2) is 6.83. The van der Waals surface area contributed by atoms with Gasteiger partial charge in [-0.3, -0.25) is 9.59 Å². The van der Waals surface area contributed by atoms with Gasteiger partial charge in [0.15, 0.2) is 0 Å². The van der Waals surface area contributed by atoms with Crippen molar-refractivity contribution >= 4 is 17.9 Å². The Morgan fingerprint density at radius 1 is 1.56 bits per heavy atom. The van der Waals surface area contributed by atoms with Gasteiger partial charge in [0.1, 0.15) is 6.54 Å². The minimum Gasteiger partial charge on any atom is -0.481 e. The third kappa shape index (κ3) is 5.03. The molecule has 1 heterocycles. The first-order valence-corrected chi connectivity index (χ1v) is 6.03. The molecule has 1 unspecified atom stereocenters. The second-order valence-electron chi connectivity index (χ2n) is 4.41. The Labute approximate surface area is 106 Å². The number of hydrogen-bond donors (Lipinski definition) is 3. The summed E-state index contributed by atoms with van der Waals surface area (Å²) in [6.45, 7) is 2.91. The summed E-state index contributed by atoms with van der Waals surface area (Å²) in [5.41, 5.74) is 0. The van der Waals surface area contributed by atoms with E-state index in [9.17, 15) is 14.4 Å². The maximum Gasteiger partial charge on any atom is 0.318 e. The molecule has 0 spiro atoms. The molecular weight excluding hydrogens is 238 g/mol. The third-order valence-electron chi connectivity index (χ3n) is 2.71. The minimum absolute atomic E-state index is 0.0158. The van der Waals surface area contributed by atoms with Crippen molar-refractivity contribution < 1.29 is 19.5 Å². The van der Waals surface area contributed by atoms with Gasteiger partial charge >= 0.3 is 12.0 Å². The molecule has 0 radical (unpaired) electrons. The highest BCUT2D eigenvalue weighted by atomic mass is 16.4. The summed E-state index contributed by atoms with van der Waals surface area (Å²) in [6, 6.07) is -0.537. The highest BCUT2D eigenvalue weighted by molar-refractivity contribution is 5.84. The van der Waals surface area contributed by atoms with Crippen LogP contribution < -0.4 is 10.6 Å². The maximum absolute atomic E-state index is 11.8. The number of carbonyl (C=O) groups is 3. The molecule has 1 fully saturated rings. The van der Waals surface area contributed by atoms with E-state index in [1.54, 1.807) is 6.92 Å². The molecule has 0 aromatic heterocycles. The average Bonchev–Trinajstić information content (AvgIpc) is 2.51. The van der Waals surface area contributed by atoms with Crippen LogP contribution in [0.5, 0.6) is 0 Å². The lowest BCUT2D eigenvalue weighted by Gasteiger charge is -2.22. The van der Waals surface area contributed by atoms with E-state index in [0.29, 0.717) is 19.5 Å². The molecule has 0 bridgehead atoms. The minimum atomic E-state index is -0.884. The average molecular weight is 257 g/mol. The number of carboxylic acids is 1. The molecule has 3 amide bonds. The Bertz CT molecular complexity index is 332. The normalized spacial score (nSPS) is 17.6. The summed E-state index contributed by atoms with van der Waals surface area (Å²) < 4.78 is 0. The van der Waals surface area contributed by atoms with Gasteiger partial charge in [-0.15, -0.1) is 0 Å². The van der Waals surface area contributed by atoms with Gasteiger partial charge in [0, 0.05) is 25.6 Å². The first kappa shape index (κ1) is 14.3. The lowest BCUT2D eigenvalue weighted by Crippen LogP contribution is -2.46. The lowest BCUT2D eigenvalue weighted by atomic mass is 10.2. The molecule has 3 N–H and O–H groups in total. The van der Waals surface area contributed by atoms with Gasteiger partial charge in [-0.05, 0) is 19.8 Å². The van der Waals surface area contributed by atoms with Gasteiger partial charge in [0.25, 0.3) is 0 Å². The predicted octanol–water partition coefficient (Wildman–Crippen LogP) is -0.229. The van der Waals surface area contributed by atoms with Gasteiger partial charge in [0.05, 0.1) is 0 Å². The van der Waals surface area contributed by atoms with Gasteiger partial charge in [0.2, 0.25) is 5.91 Å². The van der Waals surface area contributed by atoms with E-state index in [-0.39, 0.29) is 30.9 Å². The van der Waals surface area contributed by atoms with Crippen molar-refractivity contribution in [2.45, 2.75) is 32.2 Å². The van der Waals surface area contributed by atoms with Crippen molar-refractivity contribution in [3.8, 4) is 0 Å². The fourth-order valence-electron chi connectivity index (χ4n) is 1.69. The quantitative estimate of drug-likeness (QED) is 0.648. The SMILES string of the molecule is CC(CCC(=O)O)NC(=O)N1CCCNC(=O)C1. The Kier molecular flexibility index (Phi) is 5.41. The number of urea groups is 1. The number of nitrogens with zero attached hydrogens (tertiary/aromatic N) is 1. The standard InChI is InChI=1S/C11H19N3O4/c1-8(3-4-10(16)17)13-11(18)14-6-2-5-12-9(15)7-14/h8H,2-7H2,1H3,(H,12,15)(H,13,18)(H,16,17). The van der Waals surface area contributed by atoms with Crippen LogP contribution >= 0.6 is 0 Å². The zero-order chi connectivity index (χ0) is 13.5. The van der Waals surface area contributed by atoms with Crippen LogP contribution in [-0.2, 0) is 9.59 Å². The molecule has 18 heavy (non-hydrogen) atoms. The number of amides is 3. The fraction of sp³-hybridized carbons (Fsp3) is 0.727. The summed E-state index contributed by atoms with van der Waals surface area (Å²) in [5, 5.41) is 13.9. The molecule has 1 atom stereocenters. The maximum atomic E-state index is 11.8. The Morgan fingerprint density at radius 2 is 2.28 bits per heavy atom. The molecule has 102 valence electrons. The zero-order valence-electron chi connectivity index (χ0n) is 10.4. The van der Waals surface area contributed by atoms with Crippen LogP contribution in [0.1, 0.15) is 26.2 Å². The molecule has 7 nitrogen and oxygen atoms in total. The third-order valence-corrected chi connectivity index (χ3v) is 2.71. The monoisotopic (exact) mass is 257 g/mol. The van der Waals surface area contributed by atoms with Crippen LogP contribution in [0.3, 0.4) is 0 Å². The molecule has 1 aliphatic heterocycles. The summed E-state index contributed by atoms with van der Waals surface area (Å²) in [6.07, 6.45) is 1.12. The van der Waals surface area contributed by atoms with Crippen LogP contribution in [0.4, 0.5) is 4.79 Å². The van der Waals surface area contributed by atoms with E-state index in [1.165, 1.54) is 4.90 Å². The van der Waals surface area contributed by atoms with E-state index >= 15 is 0 Å². The Morgan fingerprint density at radius 3 is 2.94 bits per heavy atom. The van der Waals surface area contributed by atoms with Gasteiger partial charge < -0.3 is 20.6 Å². The molecule has 1 rings (SSSR count). The fourth-order valence-corrected chi connectivity index (χ4v) is 1.69. The van der Waals surface area contributed by atoms with Crippen LogP contribution in [-0.4, -0.2) is 53.6 Å². The topological polar surface area (TPSA) is 98.7 Å². The van der Waals surface area contributed by atoms with Gasteiger partial charge in [-0.1, -0.05) is 0 Å². The van der Waals surface area contributed by atoms with Gasteiger partial charge in [-0.2, -0.15) is 0 Å². The summed E-state index contributed by atoms with van der Waals surface area (Å²) >= 11 is 0. The second-order valence-corrected chi connectivity index (χ2v) is 4.41. The van der Waals surface area contributed by atoms with Gasteiger partial charge in [-0.25, -0.2) is 4.79 Å². The molecule has 1 aliphatic rings. The smallest absolute Gasteiger partial charge is 0.318 e. The first-order valence-electron chi connectivity index (χ1n) is 6.03. The summed E-state index contributed by atoms with van der Waals surface area (Å²) in [7, 11) is 0. The molecule has 7 heteroatoms. The van der Waals surface area contributed by atoms with Crippen molar-refractivity contribution in [2.24, 2.45) is 0 Å². The van der Waals surface area contributed by atoms with Crippen LogP contribution in [0, 0.1) is 0 Å². The van der Waals surface area contributed by atoms with E-state index in [1.807, 2.05) is 0 Å². The van der Waals surface area contributed by atoms with E-state index in [2.05, 4.69) is 10.6 Å². The number of aliphatic carboxylic acids is 1. The first-order chi connectivity index (χ1) is 8.49. The van der Waals surface area contributed by atoms with E-state index in [0.717, 1.165) is 6.42 Å². The number of nitrogens with one attached hydrogen (secondary N) is 2. The number of hydrogen-bond acceptors (Lipinski definition) is 3. The van der Waals surface area contributed by atoms with Crippen molar-refractivity contribution in [1.82, 2.24) is 15.5 Å². The zero-order valence-corrected chi connectivity index (χ0v) is 10.4. The highest BCUT2D eigenvalue weighted by Crippen LogP contribution is 2.01. The molecular formula is C11H19N3O4. The predicted molar refractivity (Wildman–Crippen MR) is 64.1 cm³/mol. The highest BCUT2D eigenvalue weighted by Gasteiger charge is 2.20. The van der Waals surface area contributed by atoms with E-state index in [4.69, 9.17) is 5.11 Å². The lowest BCUT2D eigenvalue weighted by molar-refractivity contribution is -0.137. The number of carbonyl (C=O) groups excluding carboxylic acids is 2. The molecule has 1 saturated heterocycles. The molecule has 0 aliphatic carbocycles.